The van der Waals surface area contributed by atoms with Gasteiger partial charge in [0.25, 0.3) is 5.91 Å². The predicted molar refractivity (Wildman–Crippen MR) is 64.0 cm³/mol. The van der Waals surface area contributed by atoms with Crippen LogP contribution in [0.4, 0.5) is 0 Å². The van der Waals surface area contributed by atoms with E-state index >= 15 is 0 Å². The first kappa shape index (κ1) is 12.2. The van der Waals surface area contributed by atoms with Gasteiger partial charge in [-0.2, -0.15) is 0 Å². The van der Waals surface area contributed by atoms with E-state index in [0.717, 1.165) is 24.3 Å². The zero-order chi connectivity index (χ0) is 12.6. The molecule has 0 aliphatic carbocycles. The molecule has 1 atom stereocenters. The van der Waals surface area contributed by atoms with Crippen molar-refractivity contribution < 1.29 is 14.3 Å². The van der Waals surface area contributed by atoms with E-state index in [2.05, 4.69) is 0 Å². The number of rotatable bonds is 2. The summed E-state index contributed by atoms with van der Waals surface area (Å²) in [6.45, 7) is 7.16. The van der Waals surface area contributed by atoms with Crippen LogP contribution in [-0.2, 0) is 0 Å². The Bertz CT molecular complexity index is 436. The Hall–Kier alpha value is -1.29. The van der Waals surface area contributed by atoms with Crippen molar-refractivity contribution in [3.63, 3.8) is 0 Å². The van der Waals surface area contributed by atoms with Crippen molar-refractivity contribution in [3.8, 4) is 0 Å². The first-order valence-electron chi connectivity index (χ1n) is 6.01. The number of hydrogen-bond acceptors (Lipinski definition) is 3. The second kappa shape index (κ2) is 4.53. The molecular formula is C13H19NO3. The van der Waals surface area contributed by atoms with Crippen LogP contribution in [0, 0.1) is 26.7 Å². The number of aryl methyl sites for hydroxylation is 2. The number of carbonyl (C=O) groups is 1. The molecule has 1 aliphatic rings. The topological polar surface area (TPSA) is 53.7 Å². The number of aliphatic hydroxyl groups excluding tert-OH is 1. The molecule has 2 rings (SSSR count). The molecule has 0 radical (unpaired) electrons. The van der Waals surface area contributed by atoms with Gasteiger partial charge >= 0.3 is 0 Å². The van der Waals surface area contributed by atoms with E-state index < -0.39 is 0 Å². The van der Waals surface area contributed by atoms with Gasteiger partial charge in [0.1, 0.15) is 11.5 Å². The number of carbonyl (C=O) groups excluding carboxylic acids is 1. The van der Waals surface area contributed by atoms with Crippen LogP contribution in [0.2, 0.25) is 0 Å². The molecule has 1 unspecified atom stereocenters. The lowest BCUT2D eigenvalue weighted by Gasteiger charge is -2.16. The summed E-state index contributed by atoms with van der Waals surface area (Å²) >= 11 is 0. The van der Waals surface area contributed by atoms with Crippen molar-refractivity contribution >= 4 is 5.91 Å². The second-order valence-corrected chi connectivity index (χ2v) is 4.80. The standard InChI is InChI=1S/C13H19NO3/c1-8-9(2)17-10(3)12(8)13(16)14-5-4-11(6-14)7-15/h11,15H,4-7H2,1-3H3. The van der Waals surface area contributed by atoms with E-state index in [9.17, 15) is 4.79 Å². The summed E-state index contributed by atoms with van der Waals surface area (Å²) in [6, 6.07) is 0. The minimum Gasteiger partial charge on any atom is -0.466 e. The van der Waals surface area contributed by atoms with Crippen molar-refractivity contribution in [2.75, 3.05) is 19.7 Å². The third kappa shape index (κ3) is 2.09. The molecule has 0 spiro atoms. The van der Waals surface area contributed by atoms with Gasteiger partial charge in [0, 0.05) is 31.2 Å². The SMILES string of the molecule is Cc1oc(C)c(C(=O)N2CCC(CO)C2)c1C. The van der Waals surface area contributed by atoms with Gasteiger partial charge in [0.05, 0.1) is 5.56 Å². The van der Waals surface area contributed by atoms with Gasteiger partial charge < -0.3 is 14.4 Å². The summed E-state index contributed by atoms with van der Waals surface area (Å²) in [6.07, 6.45) is 0.886. The van der Waals surface area contributed by atoms with Gasteiger partial charge in [0.2, 0.25) is 0 Å². The van der Waals surface area contributed by atoms with Crippen LogP contribution in [-0.4, -0.2) is 35.6 Å². The molecule has 1 saturated heterocycles. The Labute approximate surface area is 101 Å². The summed E-state index contributed by atoms with van der Waals surface area (Å²) in [5.74, 6) is 1.77. The fourth-order valence-electron chi connectivity index (χ4n) is 2.43. The van der Waals surface area contributed by atoms with Crippen molar-refractivity contribution in [3.05, 3.63) is 22.6 Å². The van der Waals surface area contributed by atoms with E-state index in [-0.39, 0.29) is 18.4 Å². The number of likely N-dealkylation sites (tertiary alicyclic amines) is 1. The summed E-state index contributed by atoms with van der Waals surface area (Å²) in [7, 11) is 0. The lowest BCUT2D eigenvalue weighted by Crippen LogP contribution is -2.29. The van der Waals surface area contributed by atoms with Crippen LogP contribution in [0.5, 0.6) is 0 Å². The second-order valence-electron chi connectivity index (χ2n) is 4.80. The first-order valence-corrected chi connectivity index (χ1v) is 6.01. The Balaban J connectivity index is 2.20. The summed E-state index contributed by atoms with van der Waals surface area (Å²) in [5.41, 5.74) is 1.63. The summed E-state index contributed by atoms with van der Waals surface area (Å²) in [5, 5.41) is 9.09. The van der Waals surface area contributed by atoms with E-state index in [4.69, 9.17) is 9.52 Å². The molecule has 1 aliphatic heterocycles. The van der Waals surface area contributed by atoms with Crippen LogP contribution in [0.1, 0.15) is 33.9 Å². The van der Waals surface area contributed by atoms with Crippen LogP contribution < -0.4 is 0 Å². The number of furan rings is 1. The highest BCUT2D eigenvalue weighted by Gasteiger charge is 2.29. The maximum Gasteiger partial charge on any atom is 0.257 e. The van der Waals surface area contributed by atoms with Crippen LogP contribution in [0.15, 0.2) is 4.42 Å². The van der Waals surface area contributed by atoms with Gasteiger partial charge in [-0.3, -0.25) is 4.79 Å². The van der Waals surface area contributed by atoms with E-state index in [1.807, 2.05) is 25.7 Å². The van der Waals surface area contributed by atoms with Crippen LogP contribution in [0.25, 0.3) is 0 Å². The number of amides is 1. The molecule has 0 saturated carbocycles. The average Bonchev–Trinajstić information content (AvgIpc) is 2.85. The number of nitrogens with zero attached hydrogens (tertiary/aromatic N) is 1. The molecule has 17 heavy (non-hydrogen) atoms. The molecule has 4 nitrogen and oxygen atoms in total. The van der Waals surface area contributed by atoms with Gasteiger partial charge in [-0.15, -0.1) is 0 Å². The minimum absolute atomic E-state index is 0.0350. The molecule has 2 heterocycles. The van der Waals surface area contributed by atoms with Crippen molar-refractivity contribution in [1.82, 2.24) is 4.90 Å². The monoisotopic (exact) mass is 237 g/mol. The van der Waals surface area contributed by atoms with E-state index in [1.165, 1.54) is 0 Å². The van der Waals surface area contributed by atoms with E-state index in [0.29, 0.717) is 17.9 Å². The molecule has 4 heteroatoms. The van der Waals surface area contributed by atoms with Crippen LogP contribution >= 0.6 is 0 Å². The number of hydrogen-bond donors (Lipinski definition) is 1. The minimum atomic E-state index is 0.0350. The highest BCUT2D eigenvalue weighted by Crippen LogP contribution is 2.25. The Kier molecular flexibility index (Phi) is 3.24. The third-order valence-corrected chi connectivity index (χ3v) is 3.61. The highest BCUT2D eigenvalue weighted by molar-refractivity contribution is 5.97. The molecule has 94 valence electrons. The zero-order valence-electron chi connectivity index (χ0n) is 10.6. The fourth-order valence-corrected chi connectivity index (χ4v) is 2.43. The third-order valence-electron chi connectivity index (χ3n) is 3.61. The Morgan fingerprint density at radius 3 is 2.59 bits per heavy atom. The van der Waals surface area contributed by atoms with Crippen molar-refractivity contribution in [2.45, 2.75) is 27.2 Å². The first-order chi connectivity index (χ1) is 8.04. The summed E-state index contributed by atoms with van der Waals surface area (Å²) < 4.78 is 5.48. The molecule has 1 amide bonds. The number of aliphatic hydroxyl groups is 1. The largest absolute Gasteiger partial charge is 0.466 e. The maximum absolute atomic E-state index is 12.3. The average molecular weight is 237 g/mol. The summed E-state index contributed by atoms with van der Waals surface area (Å²) in [4.78, 5) is 14.2. The molecule has 1 N–H and O–H groups in total. The van der Waals surface area contributed by atoms with E-state index in [1.54, 1.807) is 0 Å². The normalized spacial score (nSPS) is 20.0. The fraction of sp³-hybridized carbons (Fsp3) is 0.615. The molecule has 1 fully saturated rings. The van der Waals surface area contributed by atoms with Crippen LogP contribution in [0.3, 0.4) is 0 Å². The maximum atomic E-state index is 12.3. The van der Waals surface area contributed by atoms with Crippen molar-refractivity contribution in [1.29, 1.82) is 0 Å². The molecular weight excluding hydrogens is 218 g/mol. The zero-order valence-corrected chi connectivity index (χ0v) is 10.6. The van der Waals surface area contributed by atoms with Gasteiger partial charge in [-0.1, -0.05) is 0 Å². The molecule has 1 aromatic heterocycles. The lowest BCUT2D eigenvalue weighted by atomic mass is 10.1. The molecule has 0 aromatic carbocycles. The Morgan fingerprint density at radius 1 is 1.41 bits per heavy atom. The quantitative estimate of drug-likeness (QED) is 0.851. The Morgan fingerprint density at radius 2 is 2.12 bits per heavy atom. The van der Waals surface area contributed by atoms with Gasteiger partial charge in [0.15, 0.2) is 0 Å². The predicted octanol–water partition coefficient (Wildman–Crippen LogP) is 1.66. The molecule has 1 aromatic rings. The van der Waals surface area contributed by atoms with Gasteiger partial charge in [-0.05, 0) is 27.2 Å². The van der Waals surface area contributed by atoms with Gasteiger partial charge in [-0.25, -0.2) is 0 Å². The lowest BCUT2D eigenvalue weighted by molar-refractivity contribution is 0.0779. The smallest absolute Gasteiger partial charge is 0.257 e. The van der Waals surface area contributed by atoms with Crippen molar-refractivity contribution in [2.24, 2.45) is 5.92 Å². The highest BCUT2D eigenvalue weighted by atomic mass is 16.3. The molecule has 0 bridgehead atoms.